The number of halogens is 1. The molecule has 1 saturated carbocycles. The van der Waals surface area contributed by atoms with Crippen LogP contribution in [0, 0.1) is 5.82 Å². The Morgan fingerprint density at radius 3 is 2.89 bits per heavy atom. The van der Waals surface area contributed by atoms with Crippen molar-refractivity contribution >= 4 is 22.6 Å². The van der Waals surface area contributed by atoms with Gasteiger partial charge in [0.2, 0.25) is 11.2 Å². The number of rotatable bonds is 5. The summed E-state index contributed by atoms with van der Waals surface area (Å²) in [5.41, 5.74) is 2.96. The number of anilines is 1. The van der Waals surface area contributed by atoms with Crippen molar-refractivity contribution in [2.24, 2.45) is 11.0 Å². The minimum Gasteiger partial charge on any atom is -0.399 e. The van der Waals surface area contributed by atoms with Crippen molar-refractivity contribution < 1.29 is 19.4 Å². The van der Waals surface area contributed by atoms with Gasteiger partial charge in [-0.1, -0.05) is 5.16 Å². The van der Waals surface area contributed by atoms with E-state index in [2.05, 4.69) is 20.5 Å². The molecule has 0 bridgehead atoms. The molecular formula is C16H19FN6O4. The van der Waals surface area contributed by atoms with Crippen molar-refractivity contribution in [3.63, 3.8) is 0 Å². The van der Waals surface area contributed by atoms with Gasteiger partial charge in [-0.05, 0) is 18.9 Å². The van der Waals surface area contributed by atoms with E-state index >= 15 is 0 Å². The van der Waals surface area contributed by atoms with Crippen molar-refractivity contribution in [2.45, 2.75) is 24.9 Å². The van der Waals surface area contributed by atoms with Gasteiger partial charge in [-0.25, -0.2) is 20.1 Å². The first-order valence-electron chi connectivity index (χ1n) is 8.45. The van der Waals surface area contributed by atoms with Crippen molar-refractivity contribution in [3.8, 4) is 5.75 Å². The number of fused-ring (bicyclic) bond motifs is 1. The smallest absolute Gasteiger partial charge is 0.237 e. The van der Waals surface area contributed by atoms with E-state index < -0.39 is 11.2 Å². The van der Waals surface area contributed by atoms with Crippen molar-refractivity contribution in [1.82, 2.24) is 15.0 Å². The summed E-state index contributed by atoms with van der Waals surface area (Å²) in [7, 11) is 1.42. The quantitative estimate of drug-likeness (QED) is 0.387. The van der Waals surface area contributed by atoms with E-state index in [0.717, 1.165) is 18.9 Å². The molecule has 0 aromatic carbocycles. The Morgan fingerprint density at radius 1 is 1.48 bits per heavy atom. The van der Waals surface area contributed by atoms with Crippen LogP contribution in [-0.4, -0.2) is 46.8 Å². The standard InChI is InChI=1S/C16H19FN6O4/c1-26-21-12-6-22(5-11(12)20-18)16-10(17)4-9-14(24)13(27-25)7-23(8-2-3-8)15(9)19-16/h4,7-8,11,20,25H,2-3,5-6,18H2,1H3/b21-12+. The van der Waals surface area contributed by atoms with E-state index in [4.69, 9.17) is 15.9 Å². The third-order valence-electron chi connectivity index (χ3n) is 4.81. The Morgan fingerprint density at radius 2 is 2.26 bits per heavy atom. The fourth-order valence-corrected chi connectivity index (χ4v) is 3.35. The Kier molecular flexibility index (Phi) is 4.42. The Labute approximate surface area is 152 Å². The maximum atomic E-state index is 14.8. The molecule has 2 aromatic rings. The van der Waals surface area contributed by atoms with Gasteiger partial charge in [-0.2, -0.15) is 0 Å². The lowest BCUT2D eigenvalue weighted by Crippen LogP contribution is -2.41. The zero-order valence-corrected chi connectivity index (χ0v) is 14.6. The predicted molar refractivity (Wildman–Crippen MR) is 95.3 cm³/mol. The van der Waals surface area contributed by atoms with Crippen LogP contribution in [0.5, 0.6) is 5.75 Å². The highest BCUT2D eigenvalue weighted by Gasteiger charge is 2.33. The minimum atomic E-state index is -0.661. The van der Waals surface area contributed by atoms with Crippen LogP contribution in [0.25, 0.3) is 11.0 Å². The normalized spacial score (nSPS) is 21.3. The fourth-order valence-electron chi connectivity index (χ4n) is 3.35. The molecule has 11 heteroatoms. The van der Waals surface area contributed by atoms with E-state index in [1.165, 1.54) is 13.3 Å². The topological polar surface area (TPSA) is 127 Å². The van der Waals surface area contributed by atoms with Gasteiger partial charge in [-0.15, -0.1) is 0 Å². The van der Waals surface area contributed by atoms with Crippen LogP contribution in [0.4, 0.5) is 10.2 Å². The first kappa shape index (κ1) is 17.6. The van der Waals surface area contributed by atoms with Gasteiger partial charge in [-0.3, -0.25) is 10.6 Å². The molecular weight excluding hydrogens is 359 g/mol. The third kappa shape index (κ3) is 2.99. The zero-order valence-electron chi connectivity index (χ0n) is 14.6. The van der Waals surface area contributed by atoms with E-state index in [1.807, 2.05) is 0 Å². The molecule has 0 radical (unpaired) electrons. The number of nitrogens with zero attached hydrogens (tertiary/aromatic N) is 4. The van der Waals surface area contributed by atoms with Crippen LogP contribution < -0.4 is 26.5 Å². The maximum Gasteiger partial charge on any atom is 0.237 e. The molecule has 0 amide bonds. The molecule has 1 unspecified atom stereocenters. The van der Waals surface area contributed by atoms with Crippen LogP contribution in [-0.2, 0) is 4.84 Å². The highest BCUT2D eigenvalue weighted by molar-refractivity contribution is 5.96. The number of pyridine rings is 2. The summed E-state index contributed by atoms with van der Waals surface area (Å²) in [5, 5.41) is 12.9. The summed E-state index contributed by atoms with van der Waals surface area (Å²) < 4.78 is 16.5. The van der Waals surface area contributed by atoms with E-state index in [0.29, 0.717) is 17.9 Å². The first-order chi connectivity index (χ1) is 13.1. The fraction of sp³-hybridized carbons (Fsp3) is 0.438. The molecule has 4 N–H and O–H groups in total. The van der Waals surface area contributed by atoms with Crippen LogP contribution in [0.2, 0.25) is 0 Å². The van der Waals surface area contributed by atoms with E-state index in [-0.39, 0.29) is 35.6 Å². The number of aromatic nitrogens is 2. The van der Waals surface area contributed by atoms with Gasteiger partial charge in [0.15, 0.2) is 11.6 Å². The van der Waals surface area contributed by atoms with Gasteiger partial charge < -0.3 is 19.2 Å². The number of hydrogen-bond donors (Lipinski definition) is 3. The summed E-state index contributed by atoms with van der Waals surface area (Å²) in [6, 6.07) is 0.950. The highest BCUT2D eigenvalue weighted by Crippen LogP contribution is 2.38. The molecule has 144 valence electrons. The van der Waals surface area contributed by atoms with Gasteiger partial charge >= 0.3 is 0 Å². The Bertz CT molecular complexity index is 974. The molecule has 2 aromatic heterocycles. The molecule has 0 spiro atoms. The molecule has 3 heterocycles. The molecule has 1 atom stereocenters. The third-order valence-corrected chi connectivity index (χ3v) is 4.81. The average Bonchev–Trinajstić information content (AvgIpc) is 3.43. The Balaban J connectivity index is 1.83. The van der Waals surface area contributed by atoms with E-state index in [1.54, 1.807) is 9.47 Å². The van der Waals surface area contributed by atoms with Gasteiger partial charge in [0.05, 0.1) is 29.9 Å². The number of oxime groups is 1. The summed E-state index contributed by atoms with van der Waals surface area (Å²) in [5.74, 6) is 4.71. The predicted octanol–water partition coefficient (Wildman–Crippen LogP) is 0.377. The molecule has 2 fully saturated rings. The molecule has 1 aliphatic heterocycles. The lowest BCUT2D eigenvalue weighted by molar-refractivity contribution is -0.138. The largest absolute Gasteiger partial charge is 0.399 e. The summed E-state index contributed by atoms with van der Waals surface area (Å²) in [6.45, 7) is 0.628. The van der Waals surface area contributed by atoms with Gasteiger partial charge in [0.1, 0.15) is 12.8 Å². The summed E-state index contributed by atoms with van der Waals surface area (Å²) >= 11 is 0. The lowest BCUT2D eigenvalue weighted by Gasteiger charge is -2.19. The minimum absolute atomic E-state index is 0.0492. The molecule has 1 aliphatic carbocycles. The second-order valence-corrected chi connectivity index (χ2v) is 6.58. The Hall–Kier alpha value is -2.76. The number of hydrogen-bond acceptors (Lipinski definition) is 9. The lowest BCUT2D eigenvalue weighted by atomic mass is 10.2. The van der Waals surface area contributed by atoms with Gasteiger partial charge in [0, 0.05) is 12.6 Å². The zero-order chi connectivity index (χ0) is 19.1. The van der Waals surface area contributed by atoms with Crippen LogP contribution in [0.1, 0.15) is 18.9 Å². The molecule has 10 nitrogen and oxygen atoms in total. The number of nitrogens with two attached hydrogens (primary N) is 1. The summed E-state index contributed by atoms with van der Waals surface area (Å²) in [4.78, 5) is 27.5. The van der Waals surface area contributed by atoms with Crippen LogP contribution in [0.15, 0.2) is 22.2 Å². The first-order valence-corrected chi connectivity index (χ1v) is 8.45. The highest BCUT2D eigenvalue weighted by atomic mass is 19.1. The molecule has 27 heavy (non-hydrogen) atoms. The maximum absolute atomic E-state index is 14.8. The van der Waals surface area contributed by atoms with Crippen molar-refractivity contribution in [3.05, 3.63) is 28.3 Å². The number of nitrogens with one attached hydrogen (secondary N) is 1. The molecule has 4 rings (SSSR count). The molecule has 1 saturated heterocycles. The summed E-state index contributed by atoms with van der Waals surface area (Å²) in [6.07, 6.45) is 3.22. The molecule has 2 aliphatic rings. The van der Waals surface area contributed by atoms with Crippen molar-refractivity contribution in [2.75, 3.05) is 25.1 Å². The van der Waals surface area contributed by atoms with Gasteiger partial charge in [0.25, 0.3) is 0 Å². The average molecular weight is 378 g/mol. The second kappa shape index (κ2) is 6.76. The van der Waals surface area contributed by atoms with Crippen LogP contribution in [0.3, 0.4) is 0 Å². The van der Waals surface area contributed by atoms with Crippen LogP contribution >= 0.6 is 0 Å². The van der Waals surface area contributed by atoms with Crippen molar-refractivity contribution in [1.29, 1.82) is 0 Å². The monoisotopic (exact) mass is 378 g/mol. The second-order valence-electron chi connectivity index (χ2n) is 6.58. The van der Waals surface area contributed by atoms with E-state index in [9.17, 15) is 9.18 Å². The number of hydrazine groups is 1. The SMILES string of the molecule is CO/N=C1\CN(c2nc3c(cc2F)c(=O)c(OO)cn3C2CC2)CC1NN.